The van der Waals surface area contributed by atoms with E-state index in [1.807, 2.05) is 13.0 Å². The highest BCUT2D eigenvalue weighted by molar-refractivity contribution is 6.30. The highest BCUT2D eigenvalue weighted by Gasteiger charge is 2.22. The van der Waals surface area contributed by atoms with E-state index in [0.717, 1.165) is 11.3 Å². The molecule has 0 saturated heterocycles. The predicted octanol–water partition coefficient (Wildman–Crippen LogP) is 2.85. The molecule has 0 amide bonds. The van der Waals surface area contributed by atoms with E-state index in [2.05, 4.69) is 10.2 Å². The lowest BCUT2D eigenvalue weighted by atomic mass is 9.96. The Morgan fingerprint density at radius 1 is 1.32 bits per heavy atom. The van der Waals surface area contributed by atoms with E-state index in [9.17, 15) is 9.90 Å². The summed E-state index contributed by atoms with van der Waals surface area (Å²) in [7, 11) is 0. The van der Waals surface area contributed by atoms with Crippen molar-refractivity contribution >= 4 is 17.6 Å². The number of hydrogen-bond donors (Lipinski definition) is 1. The molecule has 0 saturated carbocycles. The third kappa shape index (κ3) is 3.51. The maximum atomic E-state index is 11.4. The maximum Gasteiger partial charge on any atom is 0.313 e. The normalized spacial score (nSPS) is 12.1. The first-order valence-corrected chi connectivity index (χ1v) is 6.21. The van der Waals surface area contributed by atoms with E-state index in [-0.39, 0.29) is 0 Å². The topological polar surface area (TPSA) is 63.1 Å². The molecule has 2 rings (SSSR count). The highest BCUT2D eigenvalue weighted by Crippen LogP contribution is 2.21. The number of benzene rings is 1. The van der Waals surface area contributed by atoms with Gasteiger partial charge in [0.15, 0.2) is 0 Å². The first-order chi connectivity index (χ1) is 9.06. The van der Waals surface area contributed by atoms with Crippen LogP contribution in [0, 0.1) is 6.92 Å². The molecular formula is C14H13ClN2O2. The Bertz CT molecular complexity index is 584. The maximum absolute atomic E-state index is 11.4. The van der Waals surface area contributed by atoms with Gasteiger partial charge in [-0.25, -0.2) is 0 Å². The van der Waals surface area contributed by atoms with Crippen LogP contribution in [0.3, 0.4) is 0 Å². The average molecular weight is 277 g/mol. The lowest BCUT2D eigenvalue weighted by molar-refractivity contribution is -0.138. The molecule has 1 atom stereocenters. The monoisotopic (exact) mass is 276 g/mol. The fraction of sp³-hybridized carbons (Fsp3) is 0.214. The summed E-state index contributed by atoms with van der Waals surface area (Å²) in [4.78, 5) is 11.4. The number of rotatable bonds is 4. The van der Waals surface area contributed by atoms with Crippen LogP contribution in [-0.4, -0.2) is 21.3 Å². The minimum Gasteiger partial charge on any atom is -0.481 e. The molecule has 0 bridgehead atoms. The van der Waals surface area contributed by atoms with Crippen molar-refractivity contribution in [3.63, 3.8) is 0 Å². The van der Waals surface area contributed by atoms with Crippen LogP contribution in [-0.2, 0) is 11.2 Å². The smallest absolute Gasteiger partial charge is 0.313 e. The molecule has 0 radical (unpaired) electrons. The summed E-state index contributed by atoms with van der Waals surface area (Å²) in [5.41, 5.74) is 2.08. The third-order valence-corrected chi connectivity index (χ3v) is 3.04. The molecule has 0 aliphatic carbocycles. The van der Waals surface area contributed by atoms with Crippen LogP contribution in [0.1, 0.15) is 22.9 Å². The van der Waals surface area contributed by atoms with Crippen molar-refractivity contribution in [3.8, 4) is 0 Å². The van der Waals surface area contributed by atoms with Gasteiger partial charge in [0.05, 0.1) is 11.4 Å². The summed E-state index contributed by atoms with van der Waals surface area (Å²) in [6.07, 6.45) is 0.341. The van der Waals surface area contributed by atoms with Crippen LogP contribution >= 0.6 is 11.6 Å². The molecule has 2 aromatic rings. The molecule has 5 heteroatoms. The standard InChI is InChI=1S/C14H13ClN2O2/c1-9-5-6-13(17-16-9)12(14(18)19)8-10-3-2-4-11(15)7-10/h2-7,12H,8H2,1H3,(H,18,19). The van der Waals surface area contributed by atoms with Crippen LogP contribution in [0.4, 0.5) is 0 Å². The highest BCUT2D eigenvalue weighted by atomic mass is 35.5. The van der Waals surface area contributed by atoms with E-state index in [1.54, 1.807) is 30.3 Å². The average Bonchev–Trinajstić information content (AvgIpc) is 2.37. The van der Waals surface area contributed by atoms with Gasteiger partial charge in [-0.05, 0) is 43.2 Å². The molecule has 1 unspecified atom stereocenters. The zero-order chi connectivity index (χ0) is 13.8. The second-order valence-electron chi connectivity index (χ2n) is 4.32. The zero-order valence-electron chi connectivity index (χ0n) is 10.4. The predicted molar refractivity (Wildman–Crippen MR) is 72.3 cm³/mol. The first-order valence-electron chi connectivity index (χ1n) is 5.84. The number of carboxylic acids is 1. The zero-order valence-corrected chi connectivity index (χ0v) is 11.1. The molecular weight excluding hydrogens is 264 g/mol. The van der Waals surface area contributed by atoms with Crippen LogP contribution in [0.25, 0.3) is 0 Å². The van der Waals surface area contributed by atoms with Crippen molar-refractivity contribution in [2.75, 3.05) is 0 Å². The number of carboxylic acid groups (broad SMARTS) is 1. The van der Waals surface area contributed by atoms with Gasteiger partial charge >= 0.3 is 5.97 Å². The van der Waals surface area contributed by atoms with Crippen LogP contribution < -0.4 is 0 Å². The Balaban J connectivity index is 2.26. The Kier molecular flexibility index (Phi) is 4.12. The summed E-state index contributed by atoms with van der Waals surface area (Å²) in [5, 5.41) is 17.8. The summed E-state index contributed by atoms with van der Waals surface area (Å²) >= 11 is 5.90. The summed E-state index contributed by atoms with van der Waals surface area (Å²) in [6, 6.07) is 10.6. The molecule has 0 aliphatic heterocycles. The van der Waals surface area contributed by atoms with Gasteiger partial charge in [0.25, 0.3) is 0 Å². The quantitative estimate of drug-likeness (QED) is 0.933. The fourth-order valence-corrected chi connectivity index (χ4v) is 2.03. The largest absolute Gasteiger partial charge is 0.481 e. The SMILES string of the molecule is Cc1ccc(C(Cc2cccc(Cl)c2)C(=O)O)nn1. The number of halogens is 1. The van der Waals surface area contributed by atoms with Crippen molar-refractivity contribution < 1.29 is 9.90 Å². The Morgan fingerprint density at radius 2 is 2.11 bits per heavy atom. The van der Waals surface area contributed by atoms with Crippen LogP contribution in [0.15, 0.2) is 36.4 Å². The Labute approximate surface area is 116 Å². The fourth-order valence-electron chi connectivity index (χ4n) is 1.81. The Morgan fingerprint density at radius 3 is 2.68 bits per heavy atom. The van der Waals surface area contributed by atoms with Crippen molar-refractivity contribution in [1.82, 2.24) is 10.2 Å². The van der Waals surface area contributed by atoms with E-state index in [1.165, 1.54) is 0 Å². The molecule has 0 aliphatic rings. The molecule has 19 heavy (non-hydrogen) atoms. The van der Waals surface area contributed by atoms with E-state index in [4.69, 9.17) is 11.6 Å². The third-order valence-electron chi connectivity index (χ3n) is 2.80. The number of aryl methyl sites for hydroxylation is 1. The van der Waals surface area contributed by atoms with Gasteiger partial charge in [0.1, 0.15) is 5.92 Å². The second-order valence-corrected chi connectivity index (χ2v) is 4.76. The lowest BCUT2D eigenvalue weighted by Crippen LogP contribution is -2.16. The number of aliphatic carboxylic acids is 1. The molecule has 98 valence electrons. The van der Waals surface area contributed by atoms with Crippen LogP contribution in [0.5, 0.6) is 0 Å². The van der Waals surface area contributed by atoms with E-state index in [0.29, 0.717) is 17.1 Å². The summed E-state index contributed by atoms with van der Waals surface area (Å²) in [6.45, 7) is 1.81. The van der Waals surface area contributed by atoms with Crippen molar-refractivity contribution in [3.05, 3.63) is 58.4 Å². The molecule has 1 aromatic heterocycles. The number of aromatic nitrogens is 2. The van der Waals surface area contributed by atoms with Crippen molar-refractivity contribution in [1.29, 1.82) is 0 Å². The van der Waals surface area contributed by atoms with Gasteiger partial charge in [-0.2, -0.15) is 10.2 Å². The number of nitrogens with zero attached hydrogens (tertiary/aromatic N) is 2. The molecule has 1 heterocycles. The molecule has 4 nitrogen and oxygen atoms in total. The van der Waals surface area contributed by atoms with E-state index >= 15 is 0 Å². The van der Waals surface area contributed by atoms with Crippen molar-refractivity contribution in [2.45, 2.75) is 19.3 Å². The summed E-state index contributed by atoms with van der Waals surface area (Å²) in [5.74, 6) is -1.63. The molecule has 0 spiro atoms. The van der Waals surface area contributed by atoms with Gasteiger partial charge in [0.2, 0.25) is 0 Å². The second kappa shape index (κ2) is 5.80. The van der Waals surface area contributed by atoms with Gasteiger partial charge in [-0.15, -0.1) is 0 Å². The van der Waals surface area contributed by atoms with Gasteiger partial charge in [-0.1, -0.05) is 23.7 Å². The molecule has 1 aromatic carbocycles. The molecule has 1 N–H and O–H groups in total. The minimum absolute atomic E-state index is 0.341. The van der Waals surface area contributed by atoms with Crippen molar-refractivity contribution in [2.24, 2.45) is 0 Å². The van der Waals surface area contributed by atoms with Gasteiger partial charge in [0, 0.05) is 5.02 Å². The number of carbonyl (C=O) groups is 1. The van der Waals surface area contributed by atoms with Gasteiger partial charge < -0.3 is 5.11 Å². The van der Waals surface area contributed by atoms with Gasteiger partial charge in [-0.3, -0.25) is 4.79 Å². The lowest BCUT2D eigenvalue weighted by Gasteiger charge is -2.11. The van der Waals surface area contributed by atoms with E-state index < -0.39 is 11.9 Å². The summed E-state index contributed by atoms with van der Waals surface area (Å²) < 4.78 is 0. The Hall–Kier alpha value is -1.94. The first kappa shape index (κ1) is 13.5. The number of hydrogen-bond acceptors (Lipinski definition) is 3. The molecule has 0 fully saturated rings. The minimum atomic E-state index is -0.918. The van der Waals surface area contributed by atoms with Crippen LogP contribution in [0.2, 0.25) is 5.02 Å².